The van der Waals surface area contributed by atoms with Crippen molar-refractivity contribution in [1.82, 2.24) is 9.97 Å². The number of nitrogens with zero attached hydrogens (tertiary/aromatic N) is 1. The topological polar surface area (TPSA) is 40.7 Å². The first-order valence-electron chi connectivity index (χ1n) is 7.03. The summed E-state index contributed by atoms with van der Waals surface area (Å²) in [7, 11) is 0. The van der Waals surface area contributed by atoms with Gasteiger partial charge >= 0.3 is 0 Å². The number of hydrogen-bond acceptors (Lipinski definition) is 2. The van der Waals surface area contributed by atoms with E-state index in [4.69, 9.17) is 0 Å². The predicted molar refractivity (Wildman–Crippen MR) is 87.4 cm³/mol. The quantitative estimate of drug-likeness (QED) is 0.583. The van der Waals surface area contributed by atoms with Gasteiger partial charge in [-0.05, 0) is 41.3 Å². The Bertz CT molecular complexity index is 903. The van der Waals surface area contributed by atoms with Crippen LogP contribution >= 0.6 is 0 Å². The number of benzene rings is 2. The van der Waals surface area contributed by atoms with Crippen LogP contribution in [0.5, 0.6) is 0 Å². The Morgan fingerprint density at radius 2 is 2.00 bits per heavy atom. The maximum Gasteiger partial charge on any atom is 0.0454 e. The Kier molecular flexibility index (Phi) is 2.82. The number of pyridine rings is 1. The Labute approximate surface area is 122 Å². The molecule has 3 nitrogen and oxygen atoms in total. The van der Waals surface area contributed by atoms with E-state index >= 15 is 0 Å². The van der Waals surface area contributed by atoms with Crippen LogP contribution in [-0.2, 0) is 6.54 Å². The third kappa shape index (κ3) is 2.23. The summed E-state index contributed by atoms with van der Waals surface area (Å²) in [6, 6.07) is 16.9. The van der Waals surface area contributed by atoms with Gasteiger partial charge in [-0.25, -0.2) is 0 Å². The normalized spacial score (nSPS) is 11.0. The average Bonchev–Trinajstić information content (AvgIpc) is 3.00. The predicted octanol–water partition coefficient (Wildman–Crippen LogP) is 4.33. The van der Waals surface area contributed by atoms with Gasteiger partial charge in [0.15, 0.2) is 0 Å². The lowest BCUT2D eigenvalue weighted by atomic mass is 10.1. The number of H-pyrrole nitrogens is 1. The monoisotopic (exact) mass is 273 g/mol. The van der Waals surface area contributed by atoms with Crippen molar-refractivity contribution in [2.75, 3.05) is 5.32 Å². The van der Waals surface area contributed by atoms with Crippen LogP contribution in [0.2, 0.25) is 0 Å². The number of hydrogen-bond donors (Lipinski definition) is 2. The number of aromatic nitrogens is 2. The van der Waals surface area contributed by atoms with Gasteiger partial charge in [0.25, 0.3) is 0 Å². The molecule has 102 valence electrons. The summed E-state index contributed by atoms with van der Waals surface area (Å²) in [5, 5.41) is 7.13. The Hall–Kier alpha value is -2.81. The summed E-state index contributed by atoms with van der Waals surface area (Å²) in [6.45, 7) is 0.808. The Morgan fingerprint density at radius 1 is 1.00 bits per heavy atom. The molecule has 0 aliphatic carbocycles. The summed E-state index contributed by atoms with van der Waals surface area (Å²) in [5.74, 6) is 0. The first kappa shape index (κ1) is 12.0. The van der Waals surface area contributed by atoms with Crippen molar-refractivity contribution in [1.29, 1.82) is 0 Å². The molecule has 2 heterocycles. The molecule has 4 rings (SSSR count). The highest BCUT2D eigenvalue weighted by molar-refractivity contribution is 5.93. The molecule has 2 aromatic heterocycles. The summed E-state index contributed by atoms with van der Waals surface area (Å²) in [5.41, 5.74) is 3.59. The first-order valence-corrected chi connectivity index (χ1v) is 7.03. The molecule has 4 aromatic rings. The van der Waals surface area contributed by atoms with E-state index in [1.807, 2.05) is 24.7 Å². The van der Waals surface area contributed by atoms with Gasteiger partial charge in [-0.2, -0.15) is 0 Å². The molecule has 0 aliphatic rings. The second kappa shape index (κ2) is 4.94. The minimum absolute atomic E-state index is 0.808. The van der Waals surface area contributed by atoms with Crippen LogP contribution in [0.1, 0.15) is 5.56 Å². The molecule has 21 heavy (non-hydrogen) atoms. The van der Waals surface area contributed by atoms with Crippen molar-refractivity contribution in [3.63, 3.8) is 0 Å². The molecule has 2 aromatic carbocycles. The third-order valence-electron chi connectivity index (χ3n) is 3.78. The van der Waals surface area contributed by atoms with Gasteiger partial charge in [0.1, 0.15) is 0 Å². The maximum absolute atomic E-state index is 4.17. The van der Waals surface area contributed by atoms with Gasteiger partial charge in [0.05, 0.1) is 0 Å². The number of rotatable bonds is 3. The minimum Gasteiger partial charge on any atom is -0.380 e. The van der Waals surface area contributed by atoms with Gasteiger partial charge in [-0.3, -0.25) is 4.98 Å². The third-order valence-corrected chi connectivity index (χ3v) is 3.78. The summed E-state index contributed by atoms with van der Waals surface area (Å²) in [4.78, 5) is 7.39. The molecule has 0 radical (unpaired) electrons. The molecule has 0 bridgehead atoms. The lowest BCUT2D eigenvalue weighted by Crippen LogP contribution is -1.99. The number of aromatic amines is 1. The zero-order chi connectivity index (χ0) is 14.1. The van der Waals surface area contributed by atoms with Crippen LogP contribution in [0.15, 0.2) is 67.1 Å². The highest BCUT2D eigenvalue weighted by Gasteiger charge is 2.01. The molecule has 0 fully saturated rings. The van der Waals surface area contributed by atoms with E-state index in [1.165, 1.54) is 21.9 Å². The lowest BCUT2D eigenvalue weighted by molar-refractivity contribution is 1.16. The van der Waals surface area contributed by atoms with E-state index in [0.29, 0.717) is 0 Å². The van der Waals surface area contributed by atoms with Crippen molar-refractivity contribution in [3.05, 3.63) is 72.7 Å². The standard InChI is InChI=1S/C18H15N3/c1-2-15-12-19-8-7-16(15)18(3-1)21-11-13-4-5-17-14(10-13)6-9-20-17/h1-10,12,20-21H,11H2. The molecule has 0 amide bonds. The van der Waals surface area contributed by atoms with Crippen molar-refractivity contribution < 1.29 is 0 Å². The largest absolute Gasteiger partial charge is 0.380 e. The first-order chi connectivity index (χ1) is 10.4. The number of anilines is 1. The van der Waals surface area contributed by atoms with Gasteiger partial charge in [-0.1, -0.05) is 18.2 Å². The lowest BCUT2D eigenvalue weighted by Gasteiger charge is -2.10. The second-order valence-corrected chi connectivity index (χ2v) is 5.16. The Balaban J connectivity index is 1.63. The number of fused-ring (bicyclic) bond motifs is 2. The molecule has 0 atom stereocenters. The van der Waals surface area contributed by atoms with Crippen LogP contribution in [0.25, 0.3) is 21.7 Å². The molecular weight excluding hydrogens is 258 g/mol. The van der Waals surface area contributed by atoms with Crippen LogP contribution in [0, 0.1) is 0 Å². The van der Waals surface area contributed by atoms with Crippen LogP contribution in [-0.4, -0.2) is 9.97 Å². The fourth-order valence-electron chi connectivity index (χ4n) is 2.69. The van der Waals surface area contributed by atoms with E-state index < -0.39 is 0 Å². The van der Waals surface area contributed by atoms with E-state index in [2.05, 4.69) is 57.7 Å². The average molecular weight is 273 g/mol. The molecule has 0 aliphatic heterocycles. The molecule has 0 spiro atoms. The van der Waals surface area contributed by atoms with E-state index in [9.17, 15) is 0 Å². The Morgan fingerprint density at radius 3 is 3.00 bits per heavy atom. The van der Waals surface area contributed by atoms with Crippen molar-refractivity contribution in [2.45, 2.75) is 6.54 Å². The van der Waals surface area contributed by atoms with E-state index in [0.717, 1.165) is 17.6 Å². The maximum atomic E-state index is 4.17. The summed E-state index contributed by atoms with van der Waals surface area (Å²) in [6.07, 6.45) is 5.70. The SMILES string of the molecule is c1cc(NCc2ccc3[nH]ccc3c2)c2ccncc2c1. The van der Waals surface area contributed by atoms with Gasteiger partial charge in [0, 0.05) is 47.1 Å². The highest BCUT2D eigenvalue weighted by atomic mass is 14.9. The summed E-state index contributed by atoms with van der Waals surface area (Å²) >= 11 is 0. The zero-order valence-corrected chi connectivity index (χ0v) is 11.5. The molecule has 0 unspecified atom stereocenters. The van der Waals surface area contributed by atoms with Gasteiger partial charge < -0.3 is 10.3 Å². The van der Waals surface area contributed by atoms with E-state index in [1.54, 1.807) is 0 Å². The molecule has 2 N–H and O–H groups in total. The van der Waals surface area contributed by atoms with E-state index in [-0.39, 0.29) is 0 Å². The molecule has 0 saturated carbocycles. The van der Waals surface area contributed by atoms with Crippen LogP contribution in [0.4, 0.5) is 5.69 Å². The summed E-state index contributed by atoms with van der Waals surface area (Å²) < 4.78 is 0. The van der Waals surface area contributed by atoms with Crippen molar-refractivity contribution in [3.8, 4) is 0 Å². The molecular formula is C18H15N3. The fraction of sp³-hybridized carbons (Fsp3) is 0.0556. The van der Waals surface area contributed by atoms with Crippen LogP contribution in [0.3, 0.4) is 0 Å². The van der Waals surface area contributed by atoms with Gasteiger partial charge in [0.2, 0.25) is 0 Å². The number of nitrogens with one attached hydrogen (secondary N) is 2. The van der Waals surface area contributed by atoms with Gasteiger partial charge in [-0.15, -0.1) is 0 Å². The van der Waals surface area contributed by atoms with Crippen LogP contribution < -0.4 is 5.32 Å². The highest BCUT2D eigenvalue weighted by Crippen LogP contribution is 2.23. The van der Waals surface area contributed by atoms with Crippen molar-refractivity contribution in [2.24, 2.45) is 0 Å². The van der Waals surface area contributed by atoms with Crippen molar-refractivity contribution >= 4 is 27.4 Å². The molecule has 0 saturated heterocycles. The molecule has 3 heteroatoms. The smallest absolute Gasteiger partial charge is 0.0454 e. The second-order valence-electron chi connectivity index (χ2n) is 5.16. The zero-order valence-electron chi connectivity index (χ0n) is 11.5. The fourth-order valence-corrected chi connectivity index (χ4v) is 2.69. The minimum atomic E-state index is 0.808.